The Balaban J connectivity index is 1.59. The van der Waals surface area contributed by atoms with E-state index in [9.17, 15) is 0 Å². The van der Waals surface area contributed by atoms with E-state index >= 15 is 0 Å². The Labute approximate surface area is 156 Å². The Morgan fingerprint density at radius 3 is 2.50 bits per heavy atom. The maximum Gasteiger partial charge on any atom is 0.0991 e. The number of nitrogens with zero attached hydrogens (tertiary/aromatic N) is 2. The lowest BCUT2D eigenvalue weighted by molar-refractivity contribution is -0.0705. The molecule has 4 nitrogen and oxygen atoms in total. The van der Waals surface area contributed by atoms with Gasteiger partial charge in [0.05, 0.1) is 23.8 Å². The molecule has 0 spiro atoms. The van der Waals surface area contributed by atoms with Crippen molar-refractivity contribution in [2.75, 3.05) is 13.1 Å². The summed E-state index contributed by atoms with van der Waals surface area (Å²) in [7, 11) is 0. The number of nitriles is 1. The summed E-state index contributed by atoms with van der Waals surface area (Å²) in [6, 6.07) is 18.6. The van der Waals surface area contributed by atoms with Crippen molar-refractivity contribution in [3.63, 3.8) is 0 Å². The van der Waals surface area contributed by atoms with Gasteiger partial charge in [-0.05, 0) is 42.7 Å². The van der Waals surface area contributed by atoms with Crippen molar-refractivity contribution in [1.29, 1.82) is 5.26 Å². The molecule has 1 aliphatic rings. The largest absolute Gasteiger partial charge is 0.373 e. The molecule has 1 fully saturated rings. The van der Waals surface area contributed by atoms with Gasteiger partial charge in [-0.25, -0.2) is 0 Å². The molecule has 1 heterocycles. The highest BCUT2D eigenvalue weighted by molar-refractivity contribution is 5.33. The Bertz CT molecular complexity index is 758. The summed E-state index contributed by atoms with van der Waals surface area (Å²) in [5.74, 6) is 0. The molecule has 2 aromatic rings. The Morgan fingerprint density at radius 2 is 1.77 bits per heavy atom. The Hall–Kier alpha value is -2.19. The predicted molar refractivity (Wildman–Crippen MR) is 103 cm³/mol. The van der Waals surface area contributed by atoms with Crippen LogP contribution in [0.1, 0.15) is 36.1 Å². The van der Waals surface area contributed by atoms with Gasteiger partial charge in [-0.15, -0.1) is 0 Å². The summed E-state index contributed by atoms with van der Waals surface area (Å²) in [4.78, 5) is 2.48. The van der Waals surface area contributed by atoms with Crippen LogP contribution in [-0.2, 0) is 24.4 Å². The molecule has 26 heavy (non-hydrogen) atoms. The van der Waals surface area contributed by atoms with Crippen LogP contribution >= 0.6 is 0 Å². The van der Waals surface area contributed by atoms with E-state index in [-0.39, 0.29) is 12.2 Å². The van der Waals surface area contributed by atoms with Crippen LogP contribution < -0.4 is 5.32 Å². The van der Waals surface area contributed by atoms with Crippen LogP contribution in [0.5, 0.6) is 0 Å². The molecular weight excluding hydrogens is 322 g/mol. The second-order valence-electron chi connectivity index (χ2n) is 7.14. The van der Waals surface area contributed by atoms with Crippen LogP contribution in [0, 0.1) is 11.3 Å². The highest BCUT2D eigenvalue weighted by Gasteiger charge is 2.22. The molecule has 0 bridgehead atoms. The molecule has 1 saturated heterocycles. The third-order valence-corrected chi connectivity index (χ3v) is 4.71. The quantitative estimate of drug-likeness (QED) is 0.868. The third kappa shape index (κ3) is 5.15. The van der Waals surface area contributed by atoms with Crippen molar-refractivity contribution in [1.82, 2.24) is 10.2 Å². The molecule has 1 N–H and O–H groups in total. The highest BCUT2D eigenvalue weighted by Crippen LogP contribution is 2.17. The van der Waals surface area contributed by atoms with E-state index in [0.29, 0.717) is 5.56 Å². The first-order valence-corrected chi connectivity index (χ1v) is 9.28. The second-order valence-corrected chi connectivity index (χ2v) is 7.14. The minimum Gasteiger partial charge on any atom is -0.373 e. The van der Waals surface area contributed by atoms with Gasteiger partial charge in [0.1, 0.15) is 0 Å². The number of nitrogens with one attached hydrogen (secondary N) is 1. The first-order valence-electron chi connectivity index (χ1n) is 9.28. The van der Waals surface area contributed by atoms with Crippen molar-refractivity contribution in [2.24, 2.45) is 0 Å². The third-order valence-electron chi connectivity index (χ3n) is 4.71. The number of rotatable bonds is 6. The lowest BCUT2D eigenvalue weighted by Gasteiger charge is -2.35. The van der Waals surface area contributed by atoms with Crippen LogP contribution in [0.25, 0.3) is 0 Å². The van der Waals surface area contributed by atoms with Crippen LogP contribution in [0.2, 0.25) is 0 Å². The molecular formula is C22H27N3O. The zero-order valence-corrected chi connectivity index (χ0v) is 15.6. The van der Waals surface area contributed by atoms with E-state index in [1.807, 2.05) is 18.2 Å². The molecule has 2 aromatic carbocycles. The molecule has 3 rings (SSSR count). The van der Waals surface area contributed by atoms with Crippen LogP contribution in [0.4, 0.5) is 0 Å². The molecule has 2 unspecified atom stereocenters. The maximum absolute atomic E-state index is 9.01. The van der Waals surface area contributed by atoms with E-state index in [2.05, 4.69) is 60.5 Å². The highest BCUT2D eigenvalue weighted by atomic mass is 16.5. The molecule has 4 heteroatoms. The van der Waals surface area contributed by atoms with E-state index in [0.717, 1.165) is 38.3 Å². The second kappa shape index (κ2) is 8.95. The topological polar surface area (TPSA) is 48.3 Å². The van der Waals surface area contributed by atoms with Crippen molar-refractivity contribution >= 4 is 0 Å². The summed E-state index contributed by atoms with van der Waals surface area (Å²) in [5.41, 5.74) is 4.54. The smallest absolute Gasteiger partial charge is 0.0991 e. The van der Waals surface area contributed by atoms with Gasteiger partial charge in [0.25, 0.3) is 0 Å². The summed E-state index contributed by atoms with van der Waals surface area (Å²) in [6.07, 6.45) is 0.577. The minimum atomic E-state index is 0.288. The predicted octanol–water partition coefficient (Wildman–Crippen LogP) is 3.46. The van der Waals surface area contributed by atoms with Crippen LogP contribution in [0.15, 0.2) is 48.5 Å². The fourth-order valence-corrected chi connectivity index (χ4v) is 3.63. The molecule has 0 saturated carbocycles. The fraction of sp³-hybridized carbons (Fsp3) is 0.409. The van der Waals surface area contributed by atoms with E-state index in [1.165, 1.54) is 11.1 Å². The minimum absolute atomic E-state index is 0.288. The lowest BCUT2D eigenvalue weighted by atomic mass is 10.1. The van der Waals surface area contributed by atoms with Gasteiger partial charge in [0, 0.05) is 32.7 Å². The van der Waals surface area contributed by atoms with Gasteiger partial charge >= 0.3 is 0 Å². The van der Waals surface area contributed by atoms with E-state index in [1.54, 1.807) is 0 Å². The number of hydrogen-bond acceptors (Lipinski definition) is 4. The molecule has 1 aliphatic heterocycles. The average molecular weight is 349 g/mol. The number of morpholine rings is 1. The Morgan fingerprint density at radius 1 is 1.04 bits per heavy atom. The van der Waals surface area contributed by atoms with Gasteiger partial charge in [0.15, 0.2) is 0 Å². The normalized spacial score (nSPS) is 20.7. The summed E-state index contributed by atoms with van der Waals surface area (Å²) >= 11 is 0. The summed E-state index contributed by atoms with van der Waals surface area (Å²) in [6.45, 7) is 8.79. The van der Waals surface area contributed by atoms with E-state index in [4.69, 9.17) is 10.00 Å². The first-order chi connectivity index (χ1) is 12.6. The Kier molecular flexibility index (Phi) is 6.40. The first kappa shape index (κ1) is 18.6. The molecule has 0 radical (unpaired) electrons. The van der Waals surface area contributed by atoms with Crippen molar-refractivity contribution < 1.29 is 4.74 Å². The standard InChI is InChI=1S/C22H27N3O/c1-17-14-25(15-18(2)26-17)16-22-9-4-3-8-21(22)13-24-12-20-7-5-6-19(10-20)11-23/h3-10,17-18,24H,12-16H2,1-2H3. The molecule has 0 aliphatic carbocycles. The fourth-order valence-electron chi connectivity index (χ4n) is 3.63. The van der Waals surface area contributed by atoms with E-state index < -0.39 is 0 Å². The van der Waals surface area contributed by atoms with Crippen molar-refractivity contribution in [2.45, 2.75) is 45.7 Å². The summed E-state index contributed by atoms with van der Waals surface area (Å²) in [5, 5.41) is 12.5. The SMILES string of the molecule is CC1CN(Cc2ccccc2CNCc2cccc(C#N)c2)CC(C)O1. The number of benzene rings is 2. The van der Waals surface area contributed by atoms with Crippen molar-refractivity contribution in [3.8, 4) is 6.07 Å². The van der Waals surface area contributed by atoms with Crippen LogP contribution in [0.3, 0.4) is 0 Å². The molecule has 0 amide bonds. The zero-order chi connectivity index (χ0) is 18.4. The van der Waals surface area contributed by atoms with Gasteiger partial charge in [-0.1, -0.05) is 36.4 Å². The van der Waals surface area contributed by atoms with Crippen molar-refractivity contribution in [3.05, 3.63) is 70.8 Å². The number of ether oxygens (including phenoxy) is 1. The maximum atomic E-state index is 9.01. The van der Waals surface area contributed by atoms with Gasteiger partial charge in [0.2, 0.25) is 0 Å². The molecule has 0 aromatic heterocycles. The van der Waals surface area contributed by atoms with Crippen LogP contribution in [-0.4, -0.2) is 30.2 Å². The monoisotopic (exact) mass is 349 g/mol. The lowest BCUT2D eigenvalue weighted by Crippen LogP contribution is -2.45. The molecule has 136 valence electrons. The zero-order valence-electron chi connectivity index (χ0n) is 15.6. The summed E-state index contributed by atoms with van der Waals surface area (Å²) < 4.78 is 5.84. The average Bonchev–Trinajstić information content (AvgIpc) is 2.62. The van der Waals surface area contributed by atoms with Gasteiger partial charge in [-0.2, -0.15) is 5.26 Å². The molecule has 2 atom stereocenters. The van der Waals surface area contributed by atoms with Gasteiger partial charge < -0.3 is 10.1 Å². The van der Waals surface area contributed by atoms with Gasteiger partial charge in [-0.3, -0.25) is 4.90 Å². The number of hydrogen-bond donors (Lipinski definition) is 1.